The van der Waals surface area contributed by atoms with Crippen LogP contribution in [0.1, 0.15) is 35.2 Å². The van der Waals surface area contributed by atoms with Crippen molar-refractivity contribution in [2.24, 2.45) is 0 Å². The number of alkyl halides is 2. The van der Waals surface area contributed by atoms with Crippen LogP contribution < -0.4 is 9.80 Å². The third-order valence-corrected chi connectivity index (χ3v) is 5.11. The lowest BCUT2D eigenvalue weighted by atomic mass is 10.1. The maximum absolute atomic E-state index is 13.2. The van der Waals surface area contributed by atoms with Gasteiger partial charge in [-0.3, -0.25) is 4.79 Å². The summed E-state index contributed by atoms with van der Waals surface area (Å²) in [5.41, 5.74) is 1.95. The van der Waals surface area contributed by atoms with Crippen molar-refractivity contribution in [1.82, 2.24) is 4.98 Å². The highest BCUT2D eigenvalue weighted by molar-refractivity contribution is 5.99. The fraction of sp³-hybridized carbons (Fsp3) is 0.381. The van der Waals surface area contributed by atoms with Gasteiger partial charge in [-0.2, -0.15) is 5.26 Å². The molecule has 1 fully saturated rings. The van der Waals surface area contributed by atoms with Crippen LogP contribution in [0.2, 0.25) is 0 Å². The minimum absolute atomic E-state index is 0.159. The average Bonchev–Trinajstić information content (AvgIpc) is 3.08. The molecule has 6 nitrogen and oxygen atoms in total. The first-order valence-corrected chi connectivity index (χ1v) is 9.21. The predicted octanol–water partition coefficient (Wildman–Crippen LogP) is 3.11. The number of hydrogen-bond acceptors (Lipinski definition) is 5. The number of β-amino-alcohol motifs (C(OH)–C–C–N with tert-alkyl or cyclic N) is 1. The summed E-state index contributed by atoms with van der Waals surface area (Å²) in [6, 6.07) is 8.78. The normalized spacial score (nSPS) is 18.8. The molecule has 1 aromatic carbocycles. The van der Waals surface area contributed by atoms with E-state index < -0.39 is 18.6 Å². The van der Waals surface area contributed by atoms with E-state index in [1.165, 1.54) is 30.1 Å². The van der Waals surface area contributed by atoms with Gasteiger partial charge in [0.25, 0.3) is 6.43 Å². The van der Waals surface area contributed by atoms with Gasteiger partial charge in [-0.1, -0.05) is 12.1 Å². The van der Waals surface area contributed by atoms with Crippen molar-refractivity contribution in [3.8, 4) is 6.07 Å². The number of rotatable bonds is 4. The number of carbonyl (C=O) groups excluding carboxylic acids is 1. The van der Waals surface area contributed by atoms with Crippen molar-refractivity contribution in [2.45, 2.75) is 38.8 Å². The van der Waals surface area contributed by atoms with Crippen LogP contribution in [0.5, 0.6) is 0 Å². The second-order valence-corrected chi connectivity index (χ2v) is 7.24. The Balaban J connectivity index is 1.96. The Morgan fingerprint density at radius 1 is 1.38 bits per heavy atom. The first-order chi connectivity index (χ1) is 13.7. The summed E-state index contributed by atoms with van der Waals surface area (Å²) in [5.74, 6) is -0.00699. The molecule has 29 heavy (non-hydrogen) atoms. The Morgan fingerprint density at radius 2 is 2.10 bits per heavy atom. The second kappa shape index (κ2) is 8.13. The van der Waals surface area contributed by atoms with E-state index in [1.807, 2.05) is 0 Å². The van der Waals surface area contributed by atoms with E-state index >= 15 is 0 Å². The van der Waals surface area contributed by atoms with Crippen molar-refractivity contribution in [3.05, 3.63) is 52.7 Å². The van der Waals surface area contributed by atoms with E-state index in [4.69, 9.17) is 0 Å². The topological polar surface area (TPSA) is 80.5 Å². The smallest absolute Gasteiger partial charge is 0.263 e. The average molecular weight is 400 g/mol. The zero-order valence-corrected chi connectivity index (χ0v) is 16.4. The largest absolute Gasteiger partial charge is 0.391 e. The summed E-state index contributed by atoms with van der Waals surface area (Å²) in [6.45, 7) is 3.75. The Kier molecular flexibility index (Phi) is 5.80. The molecule has 0 unspecified atom stereocenters. The molecule has 1 N–H and O–H groups in total. The number of halogens is 2. The van der Waals surface area contributed by atoms with Crippen LogP contribution >= 0.6 is 0 Å². The lowest BCUT2D eigenvalue weighted by Crippen LogP contribution is -2.45. The van der Waals surface area contributed by atoms with Gasteiger partial charge >= 0.3 is 0 Å². The number of aliphatic hydroxyl groups is 1. The number of amides is 1. The molecule has 1 amide bonds. The number of aliphatic hydroxyl groups excluding tert-OH is 1. The quantitative estimate of drug-likeness (QED) is 0.853. The molecule has 152 valence electrons. The summed E-state index contributed by atoms with van der Waals surface area (Å²) >= 11 is 0. The Bertz CT molecular complexity index is 974. The molecule has 0 aliphatic carbocycles. The molecule has 1 aliphatic heterocycles. The highest BCUT2D eigenvalue weighted by Crippen LogP contribution is 2.31. The second-order valence-electron chi connectivity index (χ2n) is 7.24. The molecule has 1 saturated heterocycles. The summed E-state index contributed by atoms with van der Waals surface area (Å²) in [6.07, 6.45) is -3.24. The SMILES string of the molecule is Cc1cc(C)c(C#N)c(N2C[C@@H](O)C[C@H]2C(=O)N(C)c2cccc(C(F)F)c2)n1. The summed E-state index contributed by atoms with van der Waals surface area (Å²) in [7, 11) is 1.51. The maximum atomic E-state index is 13.2. The zero-order valence-electron chi connectivity index (χ0n) is 16.4. The fourth-order valence-corrected chi connectivity index (χ4v) is 3.67. The van der Waals surface area contributed by atoms with Gasteiger partial charge in [-0.15, -0.1) is 0 Å². The zero-order chi connectivity index (χ0) is 21.3. The molecule has 1 aromatic heterocycles. The van der Waals surface area contributed by atoms with E-state index in [-0.39, 0.29) is 24.4 Å². The lowest BCUT2D eigenvalue weighted by Gasteiger charge is -2.29. The molecule has 8 heteroatoms. The molecular formula is C21H22F2N4O2. The molecule has 0 bridgehead atoms. The van der Waals surface area contributed by atoms with Crippen LogP contribution in [0.3, 0.4) is 0 Å². The van der Waals surface area contributed by atoms with Gasteiger partial charge in [-0.25, -0.2) is 13.8 Å². The first kappa shape index (κ1) is 20.7. The van der Waals surface area contributed by atoms with Crippen molar-refractivity contribution in [1.29, 1.82) is 5.26 Å². The molecule has 2 atom stereocenters. The maximum Gasteiger partial charge on any atom is 0.263 e. The molecule has 2 aromatic rings. The molecule has 1 aliphatic rings. The fourth-order valence-electron chi connectivity index (χ4n) is 3.67. The highest BCUT2D eigenvalue weighted by Gasteiger charge is 2.39. The van der Waals surface area contributed by atoms with Crippen LogP contribution in [0.25, 0.3) is 0 Å². The monoisotopic (exact) mass is 400 g/mol. The number of carbonyl (C=O) groups is 1. The van der Waals surface area contributed by atoms with Crippen LogP contribution in [-0.4, -0.2) is 41.7 Å². The Labute approximate surface area is 168 Å². The predicted molar refractivity (Wildman–Crippen MR) is 105 cm³/mol. The standard InChI is InChI=1S/C21H22F2N4O2/c1-12-7-13(2)25-20(17(12)10-24)27-11-16(28)9-18(27)21(29)26(3)15-6-4-5-14(8-15)19(22)23/h4-8,16,18-19,28H,9,11H2,1-3H3/t16-,18-/m0/s1. The Morgan fingerprint density at radius 3 is 2.76 bits per heavy atom. The van der Waals surface area contributed by atoms with Crippen molar-refractivity contribution in [3.63, 3.8) is 0 Å². The molecule has 0 saturated carbocycles. The summed E-state index contributed by atoms with van der Waals surface area (Å²) in [5, 5.41) is 19.8. The van der Waals surface area contributed by atoms with E-state index in [2.05, 4.69) is 11.1 Å². The molecule has 2 heterocycles. The Hall–Kier alpha value is -3.05. The number of aryl methyl sites for hydroxylation is 2. The molecule has 0 spiro atoms. The minimum Gasteiger partial charge on any atom is -0.391 e. The number of hydrogen-bond donors (Lipinski definition) is 1. The van der Waals surface area contributed by atoms with Gasteiger partial charge in [0.05, 0.1) is 11.7 Å². The number of nitrogens with zero attached hydrogens (tertiary/aromatic N) is 4. The van der Waals surface area contributed by atoms with E-state index in [1.54, 1.807) is 30.9 Å². The van der Waals surface area contributed by atoms with Crippen LogP contribution in [0.15, 0.2) is 30.3 Å². The molecule has 0 radical (unpaired) electrons. The van der Waals surface area contributed by atoms with Crippen LogP contribution in [-0.2, 0) is 4.79 Å². The number of pyridine rings is 1. The van der Waals surface area contributed by atoms with Gasteiger partial charge < -0.3 is 14.9 Å². The number of anilines is 2. The third kappa shape index (κ3) is 4.05. The molecular weight excluding hydrogens is 378 g/mol. The summed E-state index contributed by atoms with van der Waals surface area (Å²) in [4.78, 5) is 20.6. The van der Waals surface area contributed by atoms with Crippen molar-refractivity contribution >= 4 is 17.4 Å². The van der Waals surface area contributed by atoms with Crippen molar-refractivity contribution in [2.75, 3.05) is 23.4 Å². The van der Waals surface area contributed by atoms with E-state index in [0.717, 1.165) is 5.56 Å². The van der Waals surface area contributed by atoms with Crippen molar-refractivity contribution < 1.29 is 18.7 Å². The number of likely N-dealkylation sites (N-methyl/N-ethyl adjacent to an activating group) is 1. The third-order valence-electron chi connectivity index (χ3n) is 5.11. The number of nitriles is 1. The van der Waals surface area contributed by atoms with Gasteiger partial charge in [0.1, 0.15) is 17.9 Å². The molecule has 3 rings (SSSR count). The minimum atomic E-state index is -2.64. The van der Waals surface area contributed by atoms with Gasteiger partial charge in [0, 0.05) is 37.0 Å². The van der Waals surface area contributed by atoms with E-state index in [9.17, 15) is 23.9 Å². The van der Waals surface area contributed by atoms with E-state index in [0.29, 0.717) is 22.8 Å². The summed E-state index contributed by atoms with van der Waals surface area (Å²) < 4.78 is 26.0. The lowest BCUT2D eigenvalue weighted by molar-refractivity contribution is -0.119. The number of benzene rings is 1. The highest BCUT2D eigenvalue weighted by atomic mass is 19.3. The van der Waals surface area contributed by atoms with Gasteiger partial charge in [-0.05, 0) is 37.6 Å². The number of aromatic nitrogens is 1. The first-order valence-electron chi connectivity index (χ1n) is 9.21. The van der Waals surface area contributed by atoms with Crippen LogP contribution in [0.4, 0.5) is 20.3 Å². The van der Waals surface area contributed by atoms with Crippen LogP contribution in [0, 0.1) is 25.2 Å². The van der Waals surface area contributed by atoms with Gasteiger partial charge in [0.15, 0.2) is 0 Å². The van der Waals surface area contributed by atoms with Gasteiger partial charge in [0.2, 0.25) is 5.91 Å².